The SMILES string of the molecule is COc1ccc(OC)c(C2SCC(C(=O)O)N2C(=O)CC(C)(C)C)c1. The van der Waals surface area contributed by atoms with Gasteiger partial charge in [-0.25, -0.2) is 4.79 Å². The summed E-state index contributed by atoms with van der Waals surface area (Å²) < 4.78 is 10.7. The van der Waals surface area contributed by atoms with Crippen molar-refractivity contribution in [3.05, 3.63) is 23.8 Å². The van der Waals surface area contributed by atoms with E-state index in [1.165, 1.54) is 16.7 Å². The van der Waals surface area contributed by atoms with Crippen LogP contribution in [0.5, 0.6) is 11.5 Å². The number of hydrogen-bond donors (Lipinski definition) is 1. The molecule has 0 aliphatic carbocycles. The Morgan fingerprint density at radius 1 is 1.28 bits per heavy atom. The Morgan fingerprint density at radius 3 is 2.48 bits per heavy atom. The van der Waals surface area contributed by atoms with Gasteiger partial charge in [-0.2, -0.15) is 0 Å². The molecule has 1 aromatic carbocycles. The van der Waals surface area contributed by atoms with Gasteiger partial charge in [0.2, 0.25) is 5.91 Å². The Kier molecular flexibility index (Phi) is 5.87. The monoisotopic (exact) mass is 367 g/mol. The zero-order valence-electron chi connectivity index (χ0n) is 15.2. The number of amides is 1. The van der Waals surface area contributed by atoms with E-state index in [0.29, 0.717) is 17.3 Å². The average Bonchev–Trinajstić information content (AvgIpc) is 2.97. The van der Waals surface area contributed by atoms with Gasteiger partial charge in [-0.05, 0) is 23.6 Å². The number of aliphatic carboxylic acids is 1. The van der Waals surface area contributed by atoms with E-state index in [1.807, 2.05) is 20.8 Å². The fourth-order valence-corrected chi connectivity index (χ4v) is 4.27. The molecule has 2 atom stereocenters. The van der Waals surface area contributed by atoms with Gasteiger partial charge in [-0.15, -0.1) is 11.8 Å². The first-order chi connectivity index (χ1) is 11.7. The molecule has 0 bridgehead atoms. The van der Waals surface area contributed by atoms with Gasteiger partial charge >= 0.3 is 5.97 Å². The van der Waals surface area contributed by atoms with Gasteiger partial charge < -0.3 is 19.5 Å². The van der Waals surface area contributed by atoms with Gasteiger partial charge in [-0.3, -0.25) is 4.79 Å². The predicted octanol–water partition coefficient (Wildman–Crippen LogP) is 3.17. The van der Waals surface area contributed by atoms with Crippen LogP contribution < -0.4 is 9.47 Å². The third-order valence-electron chi connectivity index (χ3n) is 3.96. The number of thioether (sulfide) groups is 1. The van der Waals surface area contributed by atoms with Crippen LogP contribution in [0.15, 0.2) is 18.2 Å². The number of benzene rings is 1. The van der Waals surface area contributed by atoms with Crippen molar-refractivity contribution >= 4 is 23.6 Å². The van der Waals surface area contributed by atoms with Crippen LogP contribution in [0.2, 0.25) is 0 Å². The molecular weight excluding hydrogens is 342 g/mol. The minimum atomic E-state index is -0.987. The van der Waals surface area contributed by atoms with Crippen LogP contribution in [0.3, 0.4) is 0 Å². The van der Waals surface area contributed by atoms with E-state index in [1.54, 1.807) is 32.4 Å². The summed E-state index contributed by atoms with van der Waals surface area (Å²) in [5.74, 6) is 0.436. The van der Waals surface area contributed by atoms with E-state index in [4.69, 9.17) is 9.47 Å². The molecule has 6 nitrogen and oxygen atoms in total. The Morgan fingerprint density at radius 2 is 1.96 bits per heavy atom. The normalized spacial score (nSPS) is 20.4. The smallest absolute Gasteiger partial charge is 0.327 e. The van der Waals surface area contributed by atoms with E-state index in [9.17, 15) is 14.7 Å². The summed E-state index contributed by atoms with van der Waals surface area (Å²) in [6.45, 7) is 5.89. The summed E-state index contributed by atoms with van der Waals surface area (Å²) in [7, 11) is 3.12. The maximum atomic E-state index is 12.9. The largest absolute Gasteiger partial charge is 0.497 e. The molecule has 1 amide bonds. The molecule has 0 spiro atoms. The fourth-order valence-electron chi connectivity index (χ4n) is 2.82. The zero-order chi connectivity index (χ0) is 18.8. The van der Waals surface area contributed by atoms with Crippen molar-refractivity contribution in [3.63, 3.8) is 0 Å². The number of methoxy groups -OCH3 is 2. The molecule has 0 saturated carbocycles. The van der Waals surface area contributed by atoms with Crippen LogP contribution in [0.4, 0.5) is 0 Å². The minimum Gasteiger partial charge on any atom is -0.497 e. The number of ether oxygens (including phenoxy) is 2. The lowest BCUT2D eigenvalue weighted by Gasteiger charge is -2.31. The van der Waals surface area contributed by atoms with Crippen LogP contribution in [0.1, 0.15) is 38.1 Å². The molecule has 1 aliphatic heterocycles. The number of hydrogen-bond acceptors (Lipinski definition) is 5. The van der Waals surface area contributed by atoms with Crippen LogP contribution in [-0.4, -0.2) is 47.9 Å². The van der Waals surface area contributed by atoms with Crippen molar-refractivity contribution in [3.8, 4) is 11.5 Å². The lowest BCUT2D eigenvalue weighted by Crippen LogP contribution is -2.44. The number of nitrogens with zero attached hydrogens (tertiary/aromatic N) is 1. The molecule has 7 heteroatoms. The van der Waals surface area contributed by atoms with Crippen molar-refractivity contribution in [2.24, 2.45) is 5.41 Å². The molecule has 2 rings (SSSR count). The van der Waals surface area contributed by atoms with Crippen LogP contribution in [0.25, 0.3) is 0 Å². The van der Waals surface area contributed by atoms with Crippen molar-refractivity contribution in [1.82, 2.24) is 4.90 Å². The molecule has 1 fully saturated rings. The number of carbonyl (C=O) groups excluding carboxylic acids is 1. The number of carboxylic acids is 1. The highest BCUT2D eigenvalue weighted by Crippen LogP contribution is 2.46. The Labute approximate surface area is 152 Å². The highest BCUT2D eigenvalue weighted by atomic mass is 32.2. The van der Waals surface area contributed by atoms with Crippen LogP contribution >= 0.6 is 11.8 Å². The van der Waals surface area contributed by atoms with Crippen molar-refractivity contribution in [2.45, 2.75) is 38.6 Å². The van der Waals surface area contributed by atoms with E-state index in [2.05, 4.69) is 0 Å². The van der Waals surface area contributed by atoms with Gasteiger partial charge in [0.05, 0.1) is 14.2 Å². The third-order valence-corrected chi connectivity index (χ3v) is 5.26. The minimum absolute atomic E-state index is 0.167. The molecule has 2 unspecified atom stereocenters. The van der Waals surface area contributed by atoms with Crippen molar-refractivity contribution < 1.29 is 24.2 Å². The zero-order valence-corrected chi connectivity index (χ0v) is 16.1. The van der Waals surface area contributed by atoms with Gasteiger partial charge in [-0.1, -0.05) is 20.8 Å². The molecule has 0 aromatic heterocycles. The molecule has 1 N–H and O–H groups in total. The number of rotatable bonds is 5. The molecule has 138 valence electrons. The fraction of sp³-hybridized carbons (Fsp3) is 0.556. The van der Waals surface area contributed by atoms with Gasteiger partial charge in [0.25, 0.3) is 0 Å². The quantitative estimate of drug-likeness (QED) is 0.861. The highest BCUT2D eigenvalue weighted by Gasteiger charge is 2.44. The molecule has 1 saturated heterocycles. The lowest BCUT2D eigenvalue weighted by molar-refractivity contribution is -0.150. The van der Waals surface area contributed by atoms with Gasteiger partial charge in [0.15, 0.2) is 0 Å². The molecular formula is C18H25NO5S. The average molecular weight is 367 g/mol. The van der Waals surface area contributed by atoms with E-state index in [0.717, 1.165) is 5.56 Å². The Hall–Kier alpha value is -1.89. The number of carboxylic acid groups (broad SMARTS) is 1. The second-order valence-electron chi connectivity index (χ2n) is 7.19. The number of carbonyl (C=O) groups is 2. The maximum absolute atomic E-state index is 12.9. The van der Waals surface area contributed by atoms with Gasteiger partial charge in [0.1, 0.15) is 22.9 Å². The Bertz CT molecular complexity index is 655. The first-order valence-corrected chi connectivity index (χ1v) is 9.10. The lowest BCUT2D eigenvalue weighted by atomic mass is 9.91. The topological polar surface area (TPSA) is 76.1 Å². The molecule has 25 heavy (non-hydrogen) atoms. The second-order valence-corrected chi connectivity index (χ2v) is 8.30. The third kappa shape index (κ3) is 4.39. The summed E-state index contributed by atoms with van der Waals surface area (Å²) >= 11 is 1.43. The first kappa shape index (κ1) is 19.4. The summed E-state index contributed by atoms with van der Waals surface area (Å²) in [4.78, 5) is 26.0. The van der Waals surface area contributed by atoms with Crippen molar-refractivity contribution in [1.29, 1.82) is 0 Å². The predicted molar refractivity (Wildman–Crippen MR) is 97.1 cm³/mol. The van der Waals surface area contributed by atoms with Gasteiger partial charge in [0, 0.05) is 17.7 Å². The maximum Gasteiger partial charge on any atom is 0.327 e. The summed E-state index contributed by atoms with van der Waals surface area (Å²) in [5.41, 5.74) is 0.522. The summed E-state index contributed by atoms with van der Waals surface area (Å²) in [5, 5.41) is 9.14. The molecule has 0 radical (unpaired) electrons. The summed E-state index contributed by atoms with van der Waals surface area (Å²) in [6.07, 6.45) is 0.278. The van der Waals surface area contributed by atoms with Crippen molar-refractivity contribution in [2.75, 3.05) is 20.0 Å². The van der Waals surface area contributed by atoms with E-state index < -0.39 is 17.4 Å². The highest BCUT2D eigenvalue weighted by molar-refractivity contribution is 7.99. The standard InChI is InChI=1S/C18H25NO5S/c1-18(2,3)9-15(20)19-13(17(21)22)10-25-16(19)12-8-11(23-4)6-7-14(12)24-5/h6-8,13,16H,9-10H2,1-5H3,(H,21,22). The molecule has 1 aromatic rings. The summed E-state index contributed by atoms with van der Waals surface area (Å²) in [6, 6.07) is 4.51. The second kappa shape index (κ2) is 7.56. The first-order valence-electron chi connectivity index (χ1n) is 8.05. The van der Waals surface area contributed by atoms with E-state index >= 15 is 0 Å². The molecule has 1 heterocycles. The van der Waals surface area contributed by atoms with E-state index in [-0.39, 0.29) is 17.7 Å². The Balaban J connectivity index is 2.44. The molecule has 1 aliphatic rings. The van der Waals surface area contributed by atoms with Crippen LogP contribution in [-0.2, 0) is 9.59 Å². The van der Waals surface area contributed by atoms with Crippen LogP contribution in [0, 0.1) is 5.41 Å².